The first-order chi connectivity index (χ1) is 11.5. The molecule has 7 heteroatoms. The molecule has 0 saturated carbocycles. The van der Waals surface area contributed by atoms with E-state index < -0.39 is 0 Å². The average molecular weight is 341 g/mol. The first-order valence-corrected chi connectivity index (χ1v) is 8.62. The second kappa shape index (κ2) is 6.60. The molecule has 1 N–H and O–H groups in total. The number of carbonyl (C=O) groups excluding carboxylic acids is 1. The maximum absolute atomic E-state index is 12.2. The number of thioether (sulfide) groups is 1. The Morgan fingerprint density at radius 3 is 2.79 bits per heavy atom. The van der Waals surface area contributed by atoms with Gasteiger partial charge in [0, 0.05) is 17.1 Å². The van der Waals surface area contributed by atoms with E-state index in [1.807, 2.05) is 56.4 Å². The molecule has 0 saturated heterocycles. The normalized spacial score (nSPS) is 11.0. The van der Waals surface area contributed by atoms with Crippen LogP contribution in [0.1, 0.15) is 22.5 Å². The first kappa shape index (κ1) is 16.4. The van der Waals surface area contributed by atoms with Gasteiger partial charge in [0.05, 0.1) is 5.75 Å². The summed E-state index contributed by atoms with van der Waals surface area (Å²) in [6, 6.07) is 7.85. The Balaban J connectivity index is 1.72. The number of fused-ring (bicyclic) bond motifs is 1. The second-order valence-electron chi connectivity index (χ2n) is 5.74. The van der Waals surface area contributed by atoms with Gasteiger partial charge < -0.3 is 5.32 Å². The van der Waals surface area contributed by atoms with E-state index in [0.717, 1.165) is 28.2 Å². The Bertz CT molecular complexity index is 919. The van der Waals surface area contributed by atoms with Crippen molar-refractivity contribution >= 4 is 29.1 Å². The van der Waals surface area contributed by atoms with Crippen molar-refractivity contribution in [1.29, 1.82) is 0 Å². The minimum Gasteiger partial charge on any atom is -0.325 e. The van der Waals surface area contributed by atoms with Crippen LogP contribution >= 0.6 is 11.8 Å². The molecule has 0 spiro atoms. The zero-order valence-corrected chi connectivity index (χ0v) is 14.9. The van der Waals surface area contributed by atoms with Crippen LogP contribution in [0.25, 0.3) is 5.78 Å². The fraction of sp³-hybridized carbons (Fsp3) is 0.294. The number of anilines is 1. The maximum atomic E-state index is 12.2. The van der Waals surface area contributed by atoms with Gasteiger partial charge in [-0.05, 0) is 51.0 Å². The zero-order valence-electron chi connectivity index (χ0n) is 14.1. The number of nitrogens with zero attached hydrogens (tertiary/aromatic N) is 4. The molecule has 2 heterocycles. The lowest BCUT2D eigenvalue weighted by molar-refractivity contribution is -0.113. The van der Waals surface area contributed by atoms with Crippen LogP contribution in [-0.4, -0.2) is 31.2 Å². The number of carbonyl (C=O) groups is 1. The van der Waals surface area contributed by atoms with E-state index in [0.29, 0.717) is 10.9 Å². The van der Waals surface area contributed by atoms with Gasteiger partial charge in [-0.2, -0.15) is 0 Å². The molecule has 0 fully saturated rings. The van der Waals surface area contributed by atoms with Crippen molar-refractivity contribution in [2.24, 2.45) is 0 Å². The van der Waals surface area contributed by atoms with E-state index in [9.17, 15) is 4.79 Å². The van der Waals surface area contributed by atoms with Gasteiger partial charge in [-0.1, -0.05) is 23.9 Å². The Hall–Kier alpha value is -2.41. The summed E-state index contributed by atoms with van der Waals surface area (Å²) in [7, 11) is 0. The van der Waals surface area contributed by atoms with E-state index in [-0.39, 0.29) is 11.7 Å². The minimum absolute atomic E-state index is 0.0665. The molecule has 0 atom stereocenters. The highest BCUT2D eigenvalue weighted by atomic mass is 32.2. The lowest BCUT2D eigenvalue weighted by atomic mass is 10.1. The molecular formula is C17H19N5OS. The third-order valence-corrected chi connectivity index (χ3v) is 4.80. The molecule has 24 heavy (non-hydrogen) atoms. The van der Waals surface area contributed by atoms with Gasteiger partial charge >= 0.3 is 0 Å². The second-order valence-corrected chi connectivity index (χ2v) is 6.68. The van der Waals surface area contributed by atoms with Crippen LogP contribution < -0.4 is 5.32 Å². The van der Waals surface area contributed by atoms with Gasteiger partial charge in [-0.15, -0.1) is 10.2 Å². The van der Waals surface area contributed by atoms with Crippen LogP contribution in [0.4, 0.5) is 5.69 Å². The van der Waals surface area contributed by atoms with Crippen LogP contribution in [0.3, 0.4) is 0 Å². The molecule has 0 radical (unpaired) electrons. The van der Waals surface area contributed by atoms with Crippen molar-refractivity contribution < 1.29 is 4.79 Å². The molecule has 1 aromatic carbocycles. The number of benzene rings is 1. The number of hydrogen-bond acceptors (Lipinski definition) is 5. The van der Waals surface area contributed by atoms with E-state index >= 15 is 0 Å². The van der Waals surface area contributed by atoms with Crippen LogP contribution in [-0.2, 0) is 4.79 Å². The SMILES string of the molecule is Cc1cc(C)n2c(SCC(=O)Nc3cccc(C)c3C)nnc2n1. The molecule has 124 valence electrons. The van der Waals surface area contributed by atoms with Crippen LogP contribution in [0.15, 0.2) is 29.4 Å². The van der Waals surface area contributed by atoms with E-state index in [2.05, 4.69) is 20.5 Å². The first-order valence-electron chi connectivity index (χ1n) is 7.64. The molecule has 0 unspecified atom stereocenters. The minimum atomic E-state index is -0.0665. The largest absolute Gasteiger partial charge is 0.325 e. The monoisotopic (exact) mass is 341 g/mol. The predicted octanol–water partition coefficient (Wildman–Crippen LogP) is 3.09. The van der Waals surface area contributed by atoms with E-state index in [1.54, 1.807) is 0 Å². The van der Waals surface area contributed by atoms with Crippen molar-refractivity contribution in [1.82, 2.24) is 19.6 Å². The number of rotatable bonds is 4. The van der Waals surface area contributed by atoms with E-state index in [4.69, 9.17) is 0 Å². The summed E-state index contributed by atoms with van der Waals surface area (Å²) >= 11 is 1.35. The number of hydrogen-bond donors (Lipinski definition) is 1. The summed E-state index contributed by atoms with van der Waals surface area (Å²) in [5.74, 6) is 0.759. The fourth-order valence-corrected chi connectivity index (χ4v) is 3.28. The molecule has 0 aliphatic rings. The summed E-state index contributed by atoms with van der Waals surface area (Å²) in [4.78, 5) is 16.6. The lowest BCUT2D eigenvalue weighted by Gasteiger charge is -2.10. The third kappa shape index (κ3) is 3.26. The number of amides is 1. The van der Waals surface area contributed by atoms with Gasteiger partial charge in [-0.25, -0.2) is 4.98 Å². The van der Waals surface area contributed by atoms with Gasteiger partial charge in [0.1, 0.15) is 0 Å². The van der Waals surface area contributed by atoms with Gasteiger partial charge in [0.25, 0.3) is 5.78 Å². The topological polar surface area (TPSA) is 72.2 Å². The highest BCUT2D eigenvalue weighted by Gasteiger charge is 2.13. The van der Waals surface area contributed by atoms with E-state index in [1.165, 1.54) is 11.8 Å². The molecule has 6 nitrogen and oxygen atoms in total. The summed E-state index contributed by atoms with van der Waals surface area (Å²) in [5, 5.41) is 11.8. The van der Waals surface area contributed by atoms with Crippen LogP contribution in [0.2, 0.25) is 0 Å². The van der Waals surface area contributed by atoms with Gasteiger partial charge in [0.2, 0.25) is 5.91 Å². The van der Waals surface area contributed by atoms with Crippen molar-refractivity contribution in [2.45, 2.75) is 32.9 Å². The number of aromatic nitrogens is 4. The van der Waals surface area contributed by atoms with Crippen LogP contribution in [0, 0.1) is 27.7 Å². The fourth-order valence-electron chi connectivity index (χ4n) is 2.50. The molecule has 2 aromatic heterocycles. The predicted molar refractivity (Wildman–Crippen MR) is 95.5 cm³/mol. The Morgan fingerprint density at radius 2 is 2.00 bits per heavy atom. The summed E-state index contributed by atoms with van der Waals surface area (Å²) in [5.41, 5.74) is 4.98. The van der Waals surface area contributed by atoms with Crippen molar-refractivity contribution in [3.63, 3.8) is 0 Å². The summed E-state index contributed by atoms with van der Waals surface area (Å²) in [6.45, 7) is 7.93. The molecule has 1 amide bonds. The Labute approximate surface area is 144 Å². The summed E-state index contributed by atoms with van der Waals surface area (Å²) < 4.78 is 1.86. The molecule has 0 aliphatic heterocycles. The number of nitrogens with one attached hydrogen (secondary N) is 1. The van der Waals surface area contributed by atoms with Crippen LogP contribution in [0.5, 0.6) is 0 Å². The standard InChI is InChI=1S/C17H19N5OS/c1-10-6-5-7-14(13(10)4)19-15(23)9-24-17-21-20-16-18-11(2)8-12(3)22(16)17/h5-8H,9H2,1-4H3,(H,19,23). The van der Waals surface area contributed by atoms with Gasteiger partial charge in [-0.3, -0.25) is 9.20 Å². The Morgan fingerprint density at radius 1 is 1.21 bits per heavy atom. The maximum Gasteiger partial charge on any atom is 0.256 e. The van der Waals surface area contributed by atoms with Crippen molar-refractivity contribution in [3.05, 3.63) is 46.8 Å². The highest BCUT2D eigenvalue weighted by Crippen LogP contribution is 2.21. The summed E-state index contributed by atoms with van der Waals surface area (Å²) in [6.07, 6.45) is 0. The highest BCUT2D eigenvalue weighted by molar-refractivity contribution is 7.99. The molecule has 3 rings (SSSR count). The molecule has 3 aromatic rings. The average Bonchev–Trinajstić information content (AvgIpc) is 2.93. The molecular weight excluding hydrogens is 322 g/mol. The third-order valence-electron chi connectivity index (χ3n) is 3.87. The Kier molecular flexibility index (Phi) is 4.53. The smallest absolute Gasteiger partial charge is 0.256 e. The number of aryl methyl sites for hydroxylation is 3. The quantitative estimate of drug-likeness (QED) is 0.738. The zero-order chi connectivity index (χ0) is 17.3. The van der Waals surface area contributed by atoms with Crippen molar-refractivity contribution in [3.8, 4) is 0 Å². The molecule has 0 bridgehead atoms. The van der Waals surface area contributed by atoms with Gasteiger partial charge in [0.15, 0.2) is 5.16 Å². The lowest BCUT2D eigenvalue weighted by Crippen LogP contribution is -2.15. The van der Waals surface area contributed by atoms with Crippen molar-refractivity contribution in [2.75, 3.05) is 11.1 Å². The molecule has 0 aliphatic carbocycles.